The van der Waals surface area contributed by atoms with E-state index in [0.717, 1.165) is 5.69 Å². The Morgan fingerprint density at radius 3 is 2.35 bits per heavy atom. The van der Waals surface area contributed by atoms with Crippen LogP contribution in [0.2, 0.25) is 0 Å². The van der Waals surface area contributed by atoms with Crippen LogP contribution in [0.1, 0.15) is 37.5 Å². The van der Waals surface area contributed by atoms with Crippen LogP contribution in [0, 0.1) is 6.92 Å². The van der Waals surface area contributed by atoms with Crippen molar-refractivity contribution in [3.63, 3.8) is 0 Å². The fourth-order valence-electron chi connectivity index (χ4n) is 2.40. The molecule has 0 radical (unpaired) electrons. The maximum Gasteiger partial charge on any atom is 0.238 e. The molecule has 2 rings (SSSR count). The molecular weight excluding hydrogens is 284 g/mol. The fourth-order valence-corrected chi connectivity index (χ4v) is 2.40. The Balaban J connectivity index is 1.80. The molecule has 0 aromatic heterocycles. The van der Waals surface area contributed by atoms with Crippen molar-refractivity contribution in [3.05, 3.63) is 65.2 Å². The number of rotatable bonds is 5. The van der Waals surface area contributed by atoms with Gasteiger partial charge in [-0.3, -0.25) is 4.79 Å². The summed E-state index contributed by atoms with van der Waals surface area (Å²) in [6, 6.07) is 16.3. The Morgan fingerprint density at radius 2 is 1.74 bits per heavy atom. The van der Waals surface area contributed by atoms with E-state index in [4.69, 9.17) is 0 Å². The first-order chi connectivity index (χ1) is 10.8. The highest BCUT2D eigenvalue weighted by Gasteiger charge is 2.13. The molecular formula is C20H26N2O. The normalized spacial score (nSPS) is 11.3. The van der Waals surface area contributed by atoms with Crippen LogP contribution in [0.3, 0.4) is 0 Å². The molecule has 0 aliphatic rings. The Hall–Kier alpha value is -2.13. The zero-order valence-electron chi connectivity index (χ0n) is 14.4. The number of amides is 1. The molecule has 2 aromatic carbocycles. The smallest absolute Gasteiger partial charge is 0.238 e. The number of anilines is 1. The Bertz CT molecular complexity index is 654. The second-order valence-electron chi connectivity index (χ2n) is 6.97. The van der Waals surface area contributed by atoms with Gasteiger partial charge in [0, 0.05) is 12.2 Å². The molecule has 0 aliphatic carbocycles. The summed E-state index contributed by atoms with van der Waals surface area (Å²) < 4.78 is 0. The van der Waals surface area contributed by atoms with Crippen LogP contribution in [-0.2, 0) is 16.8 Å². The fraction of sp³-hybridized carbons (Fsp3) is 0.350. The summed E-state index contributed by atoms with van der Waals surface area (Å²) in [4.78, 5) is 12.0. The largest absolute Gasteiger partial charge is 0.325 e. The third-order valence-electron chi connectivity index (χ3n) is 3.73. The quantitative estimate of drug-likeness (QED) is 0.875. The average molecular weight is 310 g/mol. The van der Waals surface area contributed by atoms with E-state index < -0.39 is 0 Å². The Labute approximate surface area is 139 Å². The van der Waals surface area contributed by atoms with Gasteiger partial charge in [0.25, 0.3) is 0 Å². The van der Waals surface area contributed by atoms with Gasteiger partial charge in [0.15, 0.2) is 0 Å². The number of hydrogen-bond donors (Lipinski definition) is 2. The third kappa shape index (κ3) is 5.53. The van der Waals surface area contributed by atoms with Gasteiger partial charge in [0.05, 0.1) is 6.54 Å². The zero-order chi connectivity index (χ0) is 16.9. The van der Waals surface area contributed by atoms with Crippen molar-refractivity contribution in [2.24, 2.45) is 0 Å². The molecule has 0 fully saturated rings. The lowest BCUT2D eigenvalue weighted by molar-refractivity contribution is -0.115. The summed E-state index contributed by atoms with van der Waals surface area (Å²) in [7, 11) is 0. The third-order valence-corrected chi connectivity index (χ3v) is 3.73. The first-order valence-corrected chi connectivity index (χ1v) is 8.01. The van der Waals surface area contributed by atoms with E-state index in [0.29, 0.717) is 13.1 Å². The minimum Gasteiger partial charge on any atom is -0.325 e. The average Bonchev–Trinajstić information content (AvgIpc) is 2.47. The van der Waals surface area contributed by atoms with Crippen molar-refractivity contribution in [1.29, 1.82) is 0 Å². The van der Waals surface area contributed by atoms with Crippen LogP contribution in [0.5, 0.6) is 0 Å². The molecule has 3 heteroatoms. The summed E-state index contributed by atoms with van der Waals surface area (Å²) in [5, 5.41) is 6.09. The van der Waals surface area contributed by atoms with Gasteiger partial charge in [0.2, 0.25) is 5.91 Å². The highest BCUT2D eigenvalue weighted by molar-refractivity contribution is 5.92. The van der Waals surface area contributed by atoms with E-state index in [1.165, 1.54) is 16.7 Å². The van der Waals surface area contributed by atoms with Gasteiger partial charge in [-0.2, -0.15) is 0 Å². The minimum absolute atomic E-state index is 0.0267. The van der Waals surface area contributed by atoms with Crippen molar-refractivity contribution in [3.8, 4) is 0 Å². The van der Waals surface area contributed by atoms with E-state index in [2.05, 4.69) is 68.7 Å². The zero-order valence-corrected chi connectivity index (χ0v) is 14.4. The highest BCUT2D eigenvalue weighted by Crippen LogP contribution is 2.23. The molecule has 0 aliphatic heterocycles. The van der Waals surface area contributed by atoms with Gasteiger partial charge in [-0.05, 0) is 35.6 Å². The number of benzene rings is 2. The topological polar surface area (TPSA) is 41.1 Å². The van der Waals surface area contributed by atoms with E-state index in [-0.39, 0.29) is 11.3 Å². The summed E-state index contributed by atoms with van der Waals surface area (Å²) in [6.45, 7) is 9.59. The molecule has 0 heterocycles. The van der Waals surface area contributed by atoms with E-state index >= 15 is 0 Å². The van der Waals surface area contributed by atoms with Crippen molar-refractivity contribution in [2.45, 2.75) is 39.7 Å². The molecule has 23 heavy (non-hydrogen) atoms. The van der Waals surface area contributed by atoms with Gasteiger partial charge >= 0.3 is 0 Å². The number of carbonyl (C=O) groups excluding carboxylic acids is 1. The Kier molecular flexibility index (Phi) is 5.56. The van der Waals surface area contributed by atoms with Crippen molar-refractivity contribution >= 4 is 11.6 Å². The lowest BCUT2D eigenvalue weighted by atomic mass is 9.87. The van der Waals surface area contributed by atoms with Gasteiger partial charge in [0.1, 0.15) is 0 Å². The van der Waals surface area contributed by atoms with Crippen molar-refractivity contribution in [2.75, 3.05) is 11.9 Å². The lowest BCUT2D eigenvalue weighted by Gasteiger charge is -2.19. The van der Waals surface area contributed by atoms with E-state index in [1.807, 2.05) is 18.2 Å². The predicted octanol–water partition coefficient (Wildman–Crippen LogP) is 4.02. The summed E-state index contributed by atoms with van der Waals surface area (Å²) >= 11 is 0. The molecule has 122 valence electrons. The van der Waals surface area contributed by atoms with Crippen LogP contribution in [0.15, 0.2) is 48.5 Å². The highest BCUT2D eigenvalue weighted by atomic mass is 16.1. The molecule has 0 spiro atoms. The summed E-state index contributed by atoms with van der Waals surface area (Å²) in [5.41, 5.74) is 4.63. The maximum atomic E-state index is 12.0. The number of carbonyl (C=O) groups is 1. The minimum atomic E-state index is -0.0267. The SMILES string of the molecule is Cc1cccc(CNCC(=O)Nc2ccc(C(C)(C)C)cc2)c1. The van der Waals surface area contributed by atoms with Crippen LogP contribution < -0.4 is 10.6 Å². The second kappa shape index (κ2) is 7.42. The van der Waals surface area contributed by atoms with Crippen LogP contribution in [-0.4, -0.2) is 12.5 Å². The molecule has 0 atom stereocenters. The van der Waals surface area contributed by atoms with Crippen LogP contribution >= 0.6 is 0 Å². The summed E-state index contributed by atoms with van der Waals surface area (Å²) in [6.07, 6.45) is 0. The number of aryl methyl sites for hydroxylation is 1. The monoisotopic (exact) mass is 310 g/mol. The summed E-state index contributed by atoms with van der Waals surface area (Å²) in [5.74, 6) is -0.0267. The first-order valence-electron chi connectivity index (χ1n) is 8.01. The molecule has 0 saturated heterocycles. The molecule has 2 aromatic rings. The standard InChI is InChI=1S/C20H26N2O/c1-15-6-5-7-16(12-15)13-21-14-19(23)22-18-10-8-17(9-11-18)20(2,3)4/h5-12,21H,13-14H2,1-4H3,(H,22,23). The van der Waals surface area contributed by atoms with Crippen LogP contribution in [0.25, 0.3) is 0 Å². The van der Waals surface area contributed by atoms with E-state index in [9.17, 15) is 4.79 Å². The number of nitrogens with one attached hydrogen (secondary N) is 2. The molecule has 0 saturated carbocycles. The van der Waals surface area contributed by atoms with Crippen molar-refractivity contribution in [1.82, 2.24) is 5.32 Å². The molecule has 0 bridgehead atoms. The second-order valence-corrected chi connectivity index (χ2v) is 6.97. The van der Waals surface area contributed by atoms with Gasteiger partial charge in [-0.1, -0.05) is 62.7 Å². The number of hydrogen-bond acceptors (Lipinski definition) is 2. The van der Waals surface area contributed by atoms with Crippen molar-refractivity contribution < 1.29 is 4.79 Å². The molecule has 2 N–H and O–H groups in total. The predicted molar refractivity (Wildman–Crippen MR) is 96.7 cm³/mol. The van der Waals surface area contributed by atoms with E-state index in [1.54, 1.807) is 0 Å². The molecule has 1 amide bonds. The molecule has 3 nitrogen and oxygen atoms in total. The van der Waals surface area contributed by atoms with Gasteiger partial charge in [-0.15, -0.1) is 0 Å². The maximum absolute atomic E-state index is 12.0. The van der Waals surface area contributed by atoms with Crippen LogP contribution in [0.4, 0.5) is 5.69 Å². The molecule has 0 unspecified atom stereocenters. The Morgan fingerprint density at radius 1 is 1.04 bits per heavy atom. The van der Waals surface area contributed by atoms with Gasteiger partial charge < -0.3 is 10.6 Å². The van der Waals surface area contributed by atoms with Gasteiger partial charge in [-0.25, -0.2) is 0 Å². The first kappa shape index (κ1) is 17.2. The lowest BCUT2D eigenvalue weighted by Crippen LogP contribution is -2.27.